The van der Waals surface area contributed by atoms with Gasteiger partial charge in [-0.3, -0.25) is 4.79 Å². The Kier molecular flexibility index (Phi) is 2.19. The van der Waals surface area contributed by atoms with E-state index in [0.717, 1.165) is 13.0 Å². The molecule has 1 aliphatic rings. The van der Waals surface area contributed by atoms with Gasteiger partial charge in [-0.25, -0.2) is 0 Å². The molecule has 2 atom stereocenters. The normalized spacial score (nSPS) is 32.9. The van der Waals surface area contributed by atoms with Crippen LogP contribution < -0.4 is 0 Å². The molecule has 0 radical (unpaired) electrons. The maximum Gasteiger partial charge on any atom is 0.316 e. The van der Waals surface area contributed by atoms with E-state index in [4.69, 9.17) is 11.6 Å². The molecule has 1 amide bonds. The molecule has 1 saturated heterocycles. The molecule has 0 N–H and O–H groups in total. The van der Waals surface area contributed by atoms with Gasteiger partial charge in [0.15, 0.2) is 0 Å². The van der Waals surface area contributed by atoms with Gasteiger partial charge in [-0.2, -0.15) is 0 Å². The predicted molar refractivity (Wildman–Crippen MR) is 41.2 cm³/mol. The fourth-order valence-electron chi connectivity index (χ4n) is 1.54. The van der Waals surface area contributed by atoms with Crippen LogP contribution >= 0.6 is 11.6 Å². The molecule has 0 unspecified atom stereocenters. The van der Waals surface area contributed by atoms with Crippen LogP contribution in [0.1, 0.15) is 20.3 Å². The third-order valence-electron chi connectivity index (χ3n) is 2.01. The Labute approximate surface area is 66.1 Å². The van der Waals surface area contributed by atoms with Crippen molar-refractivity contribution in [2.75, 3.05) is 6.54 Å². The van der Waals surface area contributed by atoms with Gasteiger partial charge in [-0.1, -0.05) is 6.92 Å². The Hall–Kier alpha value is -0.240. The van der Waals surface area contributed by atoms with E-state index >= 15 is 0 Å². The number of nitrogens with zero attached hydrogens (tertiary/aromatic N) is 1. The SMILES string of the molecule is C[C@@H]1C[C@H](C)N(C(=O)Cl)C1. The van der Waals surface area contributed by atoms with Crippen LogP contribution in [-0.2, 0) is 0 Å². The van der Waals surface area contributed by atoms with Crippen LogP contribution in [0.25, 0.3) is 0 Å². The fraction of sp³-hybridized carbons (Fsp3) is 0.857. The standard InChI is InChI=1S/C7H12ClNO/c1-5-3-6(2)9(4-5)7(8)10/h5-6H,3-4H2,1-2H3/t5-,6+/m1/s1. The van der Waals surface area contributed by atoms with Gasteiger partial charge in [0.05, 0.1) is 0 Å². The van der Waals surface area contributed by atoms with Crippen LogP contribution in [0.15, 0.2) is 0 Å². The Morgan fingerprint density at radius 2 is 2.20 bits per heavy atom. The molecule has 10 heavy (non-hydrogen) atoms. The molecule has 1 fully saturated rings. The van der Waals surface area contributed by atoms with Crippen molar-refractivity contribution in [3.8, 4) is 0 Å². The number of amides is 1. The molecule has 0 saturated carbocycles. The predicted octanol–water partition coefficient (Wildman–Crippen LogP) is 2.08. The van der Waals surface area contributed by atoms with Gasteiger partial charge in [0.25, 0.3) is 0 Å². The highest BCUT2D eigenvalue weighted by Gasteiger charge is 2.28. The van der Waals surface area contributed by atoms with Crippen LogP contribution in [0.4, 0.5) is 4.79 Å². The first-order valence-electron chi connectivity index (χ1n) is 3.57. The minimum atomic E-state index is -0.308. The molecular weight excluding hydrogens is 150 g/mol. The zero-order valence-electron chi connectivity index (χ0n) is 6.30. The third kappa shape index (κ3) is 1.43. The zero-order chi connectivity index (χ0) is 7.72. The Morgan fingerprint density at radius 1 is 1.60 bits per heavy atom. The van der Waals surface area contributed by atoms with E-state index in [2.05, 4.69) is 6.92 Å². The quantitative estimate of drug-likeness (QED) is 0.394. The van der Waals surface area contributed by atoms with E-state index in [1.54, 1.807) is 4.90 Å². The zero-order valence-corrected chi connectivity index (χ0v) is 7.06. The summed E-state index contributed by atoms with van der Waals surface area (Å²) in [6.07, 6.45) is 1.08. The molecule has 0 bridgehead atoms. The summed E-state index contributed by atoms with van der Waals surface area (Å²) in [5.74, 6) is 0.609. The monoisotopic (exact) mass is 161 g/mol. The molecule has 0 spiro atoms. The first kappa shape index (κ1) is 7.86. The summed E-state index contributed by atoms with van der Waals surface area (Å²) in [7, 11) is 0. The average Bonchev–Trinajstić information content (AvgIpc) is 2.10. The van der Waals surface area contributed by atoms with E-state index in [1.807, 2.05) is 6.92 Å². The first-order valence-corrected chi connectivity index (χ1v) is 3.95. The number of hydrogen-bond donors (Lipinski definition) is 0. The highest BCUT2D eigenvalue weighted by molar-refractivity contribution is 6.62. The highest BCUT2D eigenvalue weighted by Crippen LogP contribution is 2.23. The summed E-state index contributed by atoms with van der Waals surface area (Å²) in [6, 6.07) is 0.333. The molecule has 3 heteroatoms. The second-order valence-electron chi connectivity index (χ2n) is 3.10. The molecule has 2 nitrogen and oxygen atoms in total. The molecular formula is C7H12ClNO. The summed E-state index contributed by atoms with van der Waals surface area (Å²) in [4.78, 5) is 12.4. The first-order chi connectivity index (χ1) is 4.61. The second-order valence-corrected chi connectivity index (χ2v) is 3.42. The number of halogens is 1. The lowest BCUT2D eigenvalue weighted by Crippen LogP contribution is -2.29. The molecule has 0 aromatic carbocycles. The van der Waals surface area contributed by atoms with Crippen LogP contribution in [0.5, 0.6) is 0 Å². The van der Waals surface area contributed by atoms with Crippen molar-refractivity contribution in [1.29, 1.82) is 0 Å². The van der Waals surface area contributed by atoms with Crippen molar-refractivity contribution in [3.63, 3.8) is 0 Å². The van der Waals surface area contributed by atoms with E-state index in [1.165, 1.54) is 0 Å². The van der Waals surface area contributed by atoms with Gasteiger partial charge < -0.3 is 4.90 Å². The van der Waals surface area contributed by atoms with Gasteiger partial charge in [0, 0.05) is 12.6 Å². The van der Waals surface area contributed by atoms with Crippen LogP contribution in [0, 0.1) is 5.92 Å². The van der Waals surface area contributed by atoms with Gasteiger partial charge >= 0.3 is 5.37 Å². The third-order valence-corrected chi connectivity index (χ3v) is 2.23. The molecule has 1 heterocycles. The maximum absolute atomic E-state index is 10.7. The molecule has 58 valence electrons. The van der Waals surface area contributed by atoms with E-state index < -0.39 is 0 Å². The topological polar surface area (TPSA) is 20.3 Å². The van der Waals surface area contributed by atoms with E-state index in [9.17, 15) is 4.79 Å². The van der Waals surface area contributed by atoms with Crippen LogP contribution in [-0.4, -0.2) is 22.9 Å². The van der Waals surface area contributed by atoms with Gasteiger partial charge in [-0.05, 0) is 30.9 Å². The summed E-state index contributed by atoms with van der Waals surface area (Å²) in [5, 5.41) is -0.308. The molecule has 1 aliphatic heterocycles. The largest absolute Gasteiger partial charge is 0.326 e. The minimum Gasteiger partial charge on any atom is -0.326 e. The summed E-state index contributed by atoms with van der Waals surface area (Å²) in [5.41, 5.74) is 0. The molecule has 1 rings (SSSR count). The number of hydrogen-bond acceptors (Lipinski definition) is 1. The van der Waals surface area contributed by atoms with E-state index in [-0.39, 0.29) is 5.37 Å². The lowest BCUT2D eigenvalue weighted by Gasteiger charge is -2.16. The number of likely N-dealkylation sites (tertiary alicyclic amines) is 1. The number of carbonyl (C=O) groups excluding carboxylic acids is 1. The molecule has 0 aromatic heterocycles. The summed E-state index contributed by atoms with van der Waals surface area (Å²) in [6.45, 7) is 4.99. The van der Waals surface area contributed by atoms with Crippen LogP contribution in [0.2, 0.25) is 0 Å². The maximum atomic E-state index is 10.7. The van der Waals surface area contributed by atoms with Gasteiger partial charge in [-0.15, -0.1) is 0 Å². The summed E-state index contributed by atoms with van der Waals surface area (Å²) < 4.78 is 0. The lowest BCUT2D eigenvalue weighted by molar-refractivity contribution is 0.219. The van der Waals surface area contributed by atoms with E-state index in [0.29, 0.717) is 12.0 Å². The molecule has 0 aromatic rings. The van der Waals surface area contributed by atoms with Gasteiger partial charge in [0.2, 0.25) is 0 Å². The second kappa shape index (κ2) is 2.79. The smallest absolute Gasteiger partial charge is 0.316 e. The van der Waals surface area contributed by atoms with Crippen molar-refractivity contribution in [3.05, 3.63) is 0 Å². The Bertz CT molecular complexity index is 149. The summed E-state index contributed by atoms with van der Waals surface area (Å²) >= 11 is 5.33. The number of rotatable bonds is 0. The van der Waals surface area contributed by atoms with Crippen molar-refractivity contribution in [1.82, 2.24) is 4.90 Å². The van der Waals surface area contributed by atoms with Crippen LogP contribution in [0.3, 0.4) is 0 Å². The minimum absolute atomic E-state index is 0.308. The van der Waals surface area contributed by atoms with Crippen molar-refractivity contribution in [2.24, 2.45) is 5.92 Å². The Balaban J connectivity index is 2.54. The Morgan fingerprint density at radius 3 is 2.40 bits per heavy atom. The van der Waals surface area contributed by atoms with Crippen molar-refractivity contribution < 1.29 is 4.79 Å². The van der Waals surface area contributed by atoms with Gasteiger partial charge in [0.1, 0.15) is 0 Å². The van der Waals surface area contributed by atoms with Crippen molar-refractivity contribution in [2.45, 2.75) is 26.3 Å². The lowest BCUT2D eigenvalue weighted by atomic mass is 10.1. The highest BCUT2D eigenvalue weighted by atomic mass is 35.5. The molecule has 0 aliphatic carbocycles. The average molecular weight is 162 g/mol. The van der Waals surface area contributed by atoms with Crippen molar-refractivity contribution >= 4 is 17.0 Å². The number of carbonyl (C=O) groups is 1. The fourth-order valence-corrected chi connectivity index (χ4v) is 1.78.